The molecule has 0 bridgehead atoms. The fourth-order valence-electron chi connectivity index (χ4n) is 3.11. The van der Waals surface area contributed by atoms with Gasteiger partial charge in [-0.15, -0.1) is 12.4 Å². The largest absolute Gasteiger partial charge is 0.384 e. The number of ether oxygens (including phenoxy) is 1. The molecule has 0 aromatic heterocycles. The first-order valence-corrected chi connectivity index (χ1v) is 6.74. The molecule has 3 unspecified atom stereocenters. The van der Waals surface area contributed by atoms with E-state index in [1.54, 1.807) is 7.11 Å². The molecule has 1 saturated carbocycles. The molecule has 0 spiro atoms. The van der Waals surface area contributed by atoms with Crippen molar-refractivity contribution < 1.29 is 9.53 Å². The van der Waals surface area contributed by atoms with E-state index in [9.17, 15) is 4.79 Å². The topological polar surface area (TPSA) is 55.6 Å². The summed E-state index contributed by atoms with van der Waals surface area (Å²) in [6, 6.07) is 0.232. The molecule has 2 aliphatic rings. The molecule has 1 amide bonds. The van der Waals surface area contributed by atoms with Gasteiger partial charge in [-0.2, -0.15) is 0 Å². The molecule has 1 saturated heterocycles. The van der Waals surface area contributed by atoms with E-state index in [4.69, 9.17) is 10.5 Å². The van der Waals surface area contributed by atoms with Crippen molar-refractivity contribution in [1.29, 1.82) is 0 Å². The molecule has 0 aromatic rings. The van der Waals surface area contributed by atoms with Gasteiger partial charge in [-0.25, -0.2) is 0 Å². The second-order valence-electron chi connectivity index (χ2n) is 5.52. The van der Waals surface area contributed by atoms with Crippen LogP contribution in [0.2, 0.25) is 0 Å². The van der Waals surface area contributed by atoms with Gasteiger partial charge in [-0.3, -0.25) is 4.79 Å². The van der Waals surface area contributed by atoms with Crippen LogP contribution >= 0.6 is 12.4 Å². The van der Waals surface area contributed by atoms with Crippen LogP contribution in [0.4, 0.5) is 0 Å². The van der Waals surface area contributed by atoms with Crippen molar-refractivity contribution >= 4 is 18.3 Å². The van der Waals surface area contributed by atoms with Gasteiger partial charge in [0.15, 0.2) is 0 Å². The summed E-state index contributed by atoms with van der Waals surface area (Å²) in [5.74, 6) is 1.04. The molecule has 1 heterocycles. The van der Waals surface area contributed by atoms with E-state index in [1.807, 2.05) is 4.90 Å². The number of rotatable bonds is 3. The summed E-state index contributed by atoms with van der Waals surface area (Å²) in [7, 11) is 1.73. The monoisotopic (exact) mass is 276 g/mol. The summed E-state index contributed by atoms with van der Waals surface area (Å²) in [6.45, 7) is 2.55. The number of amides is 1. The maximum atomic E-state index is 12.3. The van der Waals surface area contributed by atoms with Crippen LogP contribution in [0, 0.1) is 11.8 Å². The zero-order chi connectivity index (χ0) is 12.3. The number of likely N-dealkylation sites (tertiary alicyclic amines) is 1. The minimum absolute atomic E-state index is 0. The average molecular weight is 277 g/mol. The van der Waals surface area contributed by atoms with E-state index in [0.29, 0.717) is 11.8 Å². The van der Waals surface area contributed by atoms with Gasteiger partial charge in [0.25, 0.3) is 0 Å². The molecular weight excluding hydrogens is 252 g/mol. The third-order valence-corrected chi connectivity index (χ3v) is 4.06. The van der Waals surface area contributed by atoms with Crippen LogP contribution in [-0.2, 0) is 9.53 Å². The molecule has 2 N–H and O–H groups in total. The van der Waals surface area contributed by atoms with Gasteiger partial charge in [0.1, 0.15) is 0 Å². The van der Waals surface area contributed by atoms with Crippen LogP contribution in [0.25, 0.3) is 0 Å². The van der Waals surface area contributed by atoms with Gasteiger partial charge in [0.2, 0.25) is 5.91 Å². The minimum atomic E-state index is 0. The van der Waals surface area contributed by atoms with Crippen molar-refractivity contribution in [3.05, 3.63) is 0 Å². The molecule has 2 fully saturated rings. The highest BCUT2D eigenvalue weighted by Gasteiger charge is 2.32. The molecule has 1 aliphatic heterocycles. The Labute approximate surface area is 116 Å². The number of halogens is 1. The smallest absolute Gasteiger partial charge is 0.225 e. The SMILES string of the molecule is COCC1CCN(C(=O)C2CCCC(N)C2)C1.Cl. The van der Waals surface area contributed by atoms with Gasteiger partial charge in [0, 0.05) is 38.1 Å². The highest BCUT2D eigenvalue weighted by molar-refractivity contribution is 5.85. The van der Waals surface area contributed by atoms with E-state index < -0.39 is 0 Å². The number of carbonyl (C=O) groups excluding carboxylic acids is 1. The molecule has 18 heavy (non-hydrogen) atoms. The van der Waals surface area contributed by atoms with Crippen LogP contribution in [0.3, 0.4) is 0 Å². The summed E-state index contributed by atoms with van der Waals surface area (Å²) in [5, 5.41) is 0. The third-order valence-electron chi connectivity index (χ3n) is 4.06. The van der Waals surface area contributed by atoms with Crippen molar-refractivity contribution in [3.63, 3.8) is 0 Å². The lowest BCUT2D eigenvalue weighted by Crippen LogP contribution is -2.39. The van der Waals surface area contributed by atoms with E-state index in [2.05, 4.69) is 0 Å². The van der Waals surface area contributed by atoms with Crippen molar-refractivity contribution in [3.8, 4) is 0 Å². The van der Waals surface area contributed by atoms with Crippen LogP contribution in [0.5, 0.6) is 0 Å². The zero-order valence-corrected chi connectivity index (χ0v) is 12.0. The molecule has 3 atom stereocenters. The lowest BCUT2D eigenvalue weighted by atomic mass is 9.85. The second-order valence-corrected chi connectivity index (χ2v) is 5.52. The Bertz CT molecular complexity index is 276. The van der Waals surface area contributed by atoms with Crippen LogP contribution in [-0.4, -0.2) is 43.7 Å². The maximum Gasteiger partial charge on any atom is 0.225 e. The van der Waals surface area contributed by atoms with Gasteiger partial charge in [-0.1, -0.05) is 6.42 Å². The van der Waals surface area contributed by atoms with Gasteiger partial charge in [-0.05, 0) is 25.7 Å². The van der Waals surface area contributed by atoms with E-state index in [1.165, 1.54) is 0 Å². The lowest BCUT2D eigenvalue weighted by molar-refractivity contribution is -0.135. The fourth-order valence-corrected chi connectivity index (χ4v) is 3.11. The van der Waals surface area contributed by atoms with Crippen LogP contribution < -0.4 is 5.73 Å². The molecule has 2 rings (SSSR count). The first kappa shape index (κ1) is 15.7. The molecule has 106 valence electrons. The molecule has 5 heteroatoms. The Kier molecular flexibility index (Phi) is 6.39. The van der Waals surface area contributed by atoms with E-state index in [0.717, 1.165) is 51.8 Å². The first-order valence-electron chi connectivity index (χ1n) is 6.74. The lowest BCUT2D eigenvalue weighted by Gasteiger charge is -2.29. The quantitative estimate of drug-likeness (QED) is 0.848. The third kappa shape index (κ3) is 3.84. The summed E-state index contributed by atoms with van der Waals surface area (Å²) in [5.41, 5.74) is 5.95. The summed E-state index contributed by atoms with van der Waals surface area (Å²) >= 11 is 0. The number of nitrogens with zero attached hydrogens (tertiary/aromatic N) is 1. The van der Waals surface area contributed by atoms with Crippen molar-refractivity contribution in [2.75, 3.05) is 26.8 Å². The summed E-state index contributed by atoms with van der Waals surface area (Å²) in [4.78, 5) is 14.3. The van der Waals surface area contributed by atoms with Gasteiger partial charge >= 0.3 is 0 Å². The minimum Gasteiger partial charge on any atom is -0.384 e. The second kappa shape index (κ2) is 7.31. The number of hydrogen-bond acceptors (Lipinski definition) is 3. The summed E-state index contributed by atoms with van der Waals surface area (Å²) < 4.78 is 5.16. The Balaban J connectivity index is 0.00000162. The van der Waals surface area contributed by atoms with Crippen molar-refractivity contribution in [1.82, 2.24) is 4.90 Å². The fraction of sp³-hybridized carbons (Fsp3) is 0.923. The van der Waals surface area contributed by atoms with Crippen molar-refractivity contribution in [2.45, 2.75) is 38.1 Å². The predicted molar refractivity (Wildman–Crippen MR) is 73.7 cm³/mol. The van der Waals surface area contributed by atoms with Crippen LogP contribution in [0.15, 0.2) is 0 Å². The van der Waals surface area contributed by atoms with E-state index in [-0.39, 0.29) is 24.4 Å². The average Bonchev–Trinajstić information content (AvgIpc) is 2.77. The number of carbonyl (C=O) groups is 1. The first-order chi connectivity index (χ1) is 8.20. The van der Waals surface area contributed by atoms with E-state index >= 15 is 0 Å². The highest BCUT2D eigenvalue weighted by Crippen LogP contribution is 2.27. The Morgan fingerprint density at radius 1 is 1.39 bits per heavy atom. The van der Waals surface area contributed by atoms with Gasteiger partial charge < -0.3 is 15.4 Å². The highest BCUT2D eigenvalue weighted by atomic mass is 35.5. The molecule has 0 radical (unpaired) electrons. The Morgan fingerprint density at radius 2 is 2.17 bits per heavy atom. The Morgan fingerprint density at radius 3 is 2.83 bits per heavy atom. The standard InChI is InChI=1S/C13H24N2O2.ClH/c1-17-9-10-5-6-15(8-10)13(16)11-3-2-4-12(14)7-11;/h10-12H,2-9,14H2,1H3;1H. The number of methoxy groups -OCH3 is 1. The normalized spacial score (nSPS) is 32.1. The number of nitrogens with two attached hydrogens (primary N) is 1. The number of hydrogen-bond donors (Lipinski definition) is 1. The van der Waals surface area contributed by atoms with Crippen LogP contribution in [0.1, 0.15) is 32.1 Å². The predicted octanol–water partition coefficient (Wildman–Crippen LogP) is 1.42. The molecule has 1 aliphatic carbocycles. The maximum absolute atomic E-state index is 12.3. The Hall–Kier alpha value is -0.320. The molecular formula is C13H25ClN2O2. The van der Waals surface area contributed by atoms with Crippen molar-refractivity contribution in [2.24, 2.45) is 17.6 Å². The zero-order valence-electron chi connectivity index (χ0n) is 11.1. The molecule has 0 aromatic carbocycles. The van der Waals surface area contributed by atoms with Gasteiger partial charge in [0.05, 0.1) is 6.61 Å². The summed E-state index contributed by atoms with van der Waals surface area (Å²) in [6.07, 6.45) is 5.17. The molecule has 4 nitrogen and oxygen atoms in total.